The Balaban J connectivity index is 1.73. The summed E-state index contributed by atoms with van der Waals surface area (Å²) in [5.41, 5.74) is 7.21. The van der Waals surface area contributed by atoms with Gasteiger partial charge in [0.05, 0.1) is 25.2 Å². The first-order valence-corrected chi connectivity index (χ1v) is 13.1. The molecular formula is C33H37N2O2+. The zero-order valence-electron chi connectivity index (χ0n) is 22.8. The molecule has 0 fully saturated rings. The van der Waals surface area contributed by atoms with Crippen LogP contribution in [0.3, 0.4) is 0 Å². The van der Waals surface area contributed by atoms with Crippen molar-refractivity contribution < 1.29 is 14.0 Å². The highest BCUT2D eigenvalue weighted by Crippen LogP contribution is 2.51. The fourth-order valence-corrected chi connectivity index (χ4v) is 6.05. The topological polar surface area (TPSA) is 25.6 Å². The summed E-state index contributed by atoms with van der Waals surface area (Å²) in [7, 11) is 3.40. The minimum Gasteiger partial charge on any atom is -0.497 e. The van der Waals surface area contributed by atoms with E-state index in [-0.39, 0.29) is 11.0 Å². The van der Waals surface area contributed by atoms with Crippen LogP contribution in [0, 0.1) is 0 Å². The summed E-state index contributed by atoms with van der Waals surface area (Å²) in [4.78, 5) is 2.29. The van der Waals surface area contributed by atoms with E-state index < -0.39 is 0 Å². The van der Waals surface area contributed by atoms with Crippen molar-refractivity contribution in [3.05, 3.63) is 96.7 Å². The standard InChI is InChI=1S/C33H37N2O2/c1-7-32(3)30-21-16-26(23-29(30)31-11-9-10-22-34(31)33(32,4)8-2)35(24-12-17-27(36-5)18-13-24)25-14-19-28(37-6)20-15-25/h9-23H,7-8H2,1-6H3/q+1. The van der Waals surface area contributed by atoms with Crippen LogP contribution in [0.2, 0.25) is 0 Å². The van der Waals surface area contributed by atoms with Crippen molar-refractivity contribution in [1.29, 1.82) is 0 Å². The van der Waals surface area contributed by atoms with Gasteiger partial charge in [0.1, 0.15) is 11.5 Å². The van der Waals surface area contributed by atoms with E-state index in [1.54, 1.807) is 14.2 Å². The van der Waals surface area contributed by atoms with Gasteiger partial charge in [0.2, 0.25) is 5.69 Å². The number of fused-ring (bicyclic) bond motifs is 3. The normalized spacial score (nSPS) is 20.1. The van der Waals surface area contributed by atoms with Gasteiger partial charge in [-0.25, -0.2) is 0 Å². The number of aromatic nitrogens is 1. The second kappa shape index (κ2) is 9.59. The van der Waals surface area contributed by atoms with E-state index in [0.717, 1.165) is 41.4 Å². The molecule has 2 heterocycles. The van der Waals surface area contributed by atoms with E-state index in [4.69, 9.17) is 9.47 Å². The summed E-state index contributed by atoms with van der Waals surface area (Å²) >= 11 is 0. The van der Waals surface area contributed by atoms with E-state index in [1.807, 2.05) is 24.3 Å². The van der Waals surface area contributed by atoms with Crippen LogP contribution in [0.5, 0.6) is 11.5 Å². The van der Waals surface area contributed by atoms with Crippen molar-refractivity contribution >= 4 is 17.1 Å². The Hall–Kier alpha value is -3.79. The Labute approximate surface area is 221 Å². The van der Waals surface area contributed by atoms with Crippen molar-refractivity contribution in [3.8, 4) is 22.8 Å². The molecule has 2 atom stereocenters. The lowest BCUT2D eigenvalue weighted by atomic mass is 9.60. The van der Waals surface area contributed by atoms with E-state index in [9.17, 15) is 0 Å². The summed E-state index contributed by atoms with van der Waals surface area (Å²) < 4.78 is 13.4. The Morgan fingerprint density at radius 1 is 0.703 bits per heavy atom. The maximum absolute atomic E-state index is 5.43. The molecule has 37 heavy (non-hydrogen) atoms. The second-order valence-electron chi connectivity index (χ2n) is 10.2. The number of benzene rings is 3. The van der Waals surface area contributed by atoms with Gasteiger partial charge < -0.3 is 14.4 Å². The molecule has 0 radical (unpaired) electrons. The summed E-state index contributed by atoms with van der Waals surface area (Å²) in [6.45, 7) is 9.48. The van der Waals surface area contributed by atoms with Gasteiger partial charge in [0.25, 0.3) is 0 Å². The largest absolute Gasteiger partial charge is 0.497 e. The van der Waals surface area contributed by atoms with Gasteiger partial charge in [-0.2, -0.15) is 4.57 Å². The van der Waals surface area contributed by atoms with Crippen LogP contribution in [-0.2, 0) is 11.0 Å². The Bertz CT molecular complexity index is 1350. The molecule has 4 nitrogen and oxygen atoms in total. The number of rotatable bonds is 7. The molecule has 4 heteroatoms. The molecule has 1 aliphatic rings. The zero-order valence-corrected chi connectivity index (χ0v) is 22.8. The molecule has 190 valence electrons. The van der Waals surface area contributed by atoms with Crippen LogP contribution in [0.1, 0.15) is 46.1 Å². The Morgan fingerprint density at radius 3 is 1.78 bits per heavy atom. The minimum absolute atomic E-state index is 0.000308. The molecule has 0 bridgehead atoms. The predicted octanol–water partition coefficient (Wildman–Crippen LogP) is 7.93. The fourth-order valence-electron chi connectivity index (χ4n) is 6.05. The molecule has 1 aliphatic heterocycles. The Morgan fingerprint density at radius 2 is 1.27 bits per heavy atom. The lowest BCUT2D eigenvalue weighted by Gasteiger charge is -2.46. The van der Waals surface area contributed by atoms with Crippen LogP contribution in [0.4, 0.5) is 17.1 Å². The van der Waals surface area contributed by atoms with Crippen LogP contribution >= 0.6 is 0 Å². The van der Waals surface area contributed by atoms with Crippen molar-refractivity contribution in [3.63, 3.8) is 0 Å². The van der Waals surface area contributed by atoms with E-state index in [0.29, 0.717) is 0 Å². The monoisotopic (exact) mass is 493 g/mol. The van der Waals surface area contributed by atoms with E-state index >= 15 is 0 Å². The van der Waals surface area contributed by atoms with Crippen LogP contribution in [0.15, 0.2) is 91.1 Å². The maximum atomic E-state index is 5.43. The summed E-state index contributed by atoms with van der Waals surface area (Å²) in [6, 6.07) is 30.0. The lowest BCUT2D eigenvalue weighted by Crippen LogP contribution is -2.67. The highest BCUT2D eigenvalue weighted by molar-refractivity contribution is 5.81. The van der Waals surface area contributed by atoms with Gasteiger partial charge in [-0.15, -0.1) is 0 Å². The van der Waals surface area contributed by atoms with Gasteiger partial charge >= 0.3 is 0 Å². The molecule has 5 rings (SSSR count). The van der Waals surface area contributed by atoms with Crippen molar-refractivity contribution in [1.82, 2.24) is 0 Å². The van der Waals surface area contributed by atoms with E-state index in [2.05, 4.69) is 104 Å². The number of hydrogen-bond donors (Lipinski definition) is 0. The van der Waals surface area contributed by atoms with Crippen LogP contribution in [-0.4, -0.2) is 14.2 Å². The third-order valence-electron chi connectivity index (χ3n) is 8.77. The Kier molecular flexibility index (Phi) is 6.45. The predicted molar refractivity (Wildman–Crippen MR) is 151 cm³/mol. The molecule has 1 aromatic heterocycles. The molecule has 4 aromatic rings. The third kappa shape index (κ3) is 3.87. The van der Waals surface area contributed by atoms with Crippen LogP contribution in [0.25, 0.3) is 11.3 Å². The van der Waals surface area contributed by atoms with Gasteiger partial charge in [-0.1, -0.05) is 19.9 Å². The van der Waals surface area contributed by atoms with Gasteiger partial charge in [-0.3, -0.25) is 0 Å². The number of ether oxygens (including phenoxy) is 2. The first kappa shape index (κ1) is 24.9. The molecule has 0 aliphatic carbocycles. The highest BCUT2D eigenvalue weighted by atomic mass is 16.5. The first-order chi connectivity index (χ1) is 17.9. The molecular weight excluding hydrogens is 456 g/mol. The third-order valence-corrected chi connectivity index (χ3v) is 8.77. The smallest absolute Gasteiger partial charge is 0.213 e. The number of hydrogen-bond acceptors (Lipinski definition) is 3. The maximum Gasteiger partial charge on any atom is 0.213 e. The average molecular weight is 494 g/mol. The van der Waals surface area contributed by atoms with Gasteiger partial charge in [0, 0.05) is 42.5 Å². The zero-order chi connectivity index (χ0) is 26.2. The molecule has 2 unspecified atom stereocenters. The quantitative estimate of drug-likeness (QED) is 0.244. The fraction of sp³-hybridized carbons (Fsp3) is 0.303. The summed E-state index contributed by atoms with van der Waals surface area (Å²) in [5, 5.41) is 0. The molecule has 0 saturated heterocycles. The van der Waals surface area contributed by atoms with Crippen LogP contribution < -0.4 is 18.9 Å². The number of nitrogens with zero attached hydrogens (tertiary/aromatic N) is 2. The number of methoxy groups -OCH3 is 2. The SMILES string of the molecule is CCC1(C)c2ccc(N(c3ccc(OC)cc3)c3ccc(OC)cc3)cc2-c2cccc[n+]2C1(C)CC. The summed E-state index contributed by atoms with van der Waals surface area (Å²) in [6.07, 6.45) is 4.38. The highest BCUT2D eigenvalue weighted by Gasteiger charge is 2.56. The molecule has 0 saturated carbocycles. The number of pyridine rings is 1. The molecule has 3 aromatic carbocycles. The van der Waals surface area contributed by atoms with Crippen molar-refractivity contribution in [2.75, 3.05) is 19.1 Å². The van der Waals surface area contributed by atoms with E-state index in [1.165, 1.54) is 16.8 Å². The summed E-state index contributed by atoms with van der Waals surface area (Å²) in [5.74, 6) is 1.68. The molecule has 0 spiro atoms. The minimum atomic E-state index is -0.0154. The van der Waals surface area contributed by atoms with Gasteiger partial charge in [0.15, 0.2) is 11.7 Å². The lowest BCUT2D eigenvalue weighted by molar-refractivity contribution is -0.765. The van der Waals surface area contributed by atoms with Crippen molar-refractivity contribution in [2.45, 2.75) is 51.5 Å². The van der Waals surface area contributed by atoms with Gasteiger partial charge in [-0.05, 0) is 85.6 Å². The van der Waals surface area contributed by atoms with Crippen molar-refractivity contribution in [2.24, 2.45) is 0 Å². The first-order valence-electron chi connectivity index (χ1n) is 13.1. The second-order valence-corrected chi connectivity index (χ2v) is 10.2. The molecule has 0 amide bonds. The number of anilines is 3. The average Bonchev–Trinajstić information content (AvgIpc) is 2.96. The molecule has 0 N–H and O–H groups in total.